The summed E-state index contributed by atoms with van der Waals surface area (Å²) in [6, 6.07) is 0. The van der Waals surface area contributed by atoms with Gasteiger partial charge in [0, 0.05) is 31.8 Å². The number of nitrogens with zero attached hydrogens (tertiary/aromatic N) is 1. The zero-order valence-electron chi connectivity index (χ0n) is 9.41. The Morgan fingerprint density at radius 3 is 2.12 bits per heavy atom. The van der Waals surface area contributed by atoms with E-state index in [-0.39, 0.29) is 19.8 Å². The third-order valence-electron chi connectivity index (χ3n) is 1.85. The summed E-state index contributed by atoms with van der Waals surface area (Å²) in [6.45, 7) is 1.10. The summed E-state index contributed by atoms with van der Waals surface area (Å²) in [7, 11) is 0. The molecule has 0 fully saturated rings. The molecule has 0 atom stereocenters. The number of hydrogen-bond acceptors (Lipinski definition) is 6. The average molecular weight is 247 g/mol. The second-order valence-corrected chi connectivity index (χ2v) is 3.13. The summed E-state index contributed by atoms with van der Waals surface area (Å²) in [5.41, 5.74) is 0. The minimum absolute atomic E-state index is 0.0487. The summed E-state index contributed by atoms with van der Waals surface area (Å²) in [5.74, 6) is -1.95. The van der Waals surface area contributed by atoms with Gasteiger partial charge in [-0.25, -0.2) is 9.59 Å². The van der Waals surface area contributed by atoms with Crippen molar-refractivity contribution in [3.05, 3.63) is 12.2 Å². The minimum Gasteiger partial charge on any atom is -0.478 e. The van der Waals surface area contributed by atoms with E-state index >= 15 is 0 Å². The minimum atomic E-state index is -1.22. The van der Waals surface area contributed by atoms with E-state index in [2.05, 4.69) is 0 Å². The van der Waals surface area contributed by atoms with E-state index in [1.165, 1.54) is 0 Å². The first-order valence-electron chi connectivity index (χ1n) is 5.12. The van der Waals surface area contributed by atoms with Crippen LogP contribution >= 0.6 is 0 Å². The second-order valence-electron chi connectivity index (χ2n) is 3.13. The predicted molar refractivity (Wildman–Crippen MR) is 58.3 cm³/mol. The van der Waals surface area contributed by atoms with Crippen molar-refractivity contribution in [2.45, 2.75) is 0 Å². The molecule has 0 heterocycles. The molecule has 17 heavy (non-hydrogen) atoms. The van der Waals surface area contributed by atoms with Crippen LogP contribution in [0.15, 0.2) is 12.2 Å². The second kappa shape index (κ2) is 9.76. The smallest absolute Gasteiger partial charge is 0.331 e. The van der Waals surface area contributed by atoms with Crippen LogP contribution in [0.25, 0.3) is 0 Å². The van der Waals surface area contributed by atoms with Crippen LogP contribution in [-0.2, 0) is 14.3 Å². The van der Waals surface area contributed by atoms with Crippen molar-refractivity contribution in [3.63, 3.8) is 0 Å². The van der Waals surface area contributed by atoms with E-state index in [1.54, 1.807) is 4.90 Å². The first-order valence-corrected chi connectivity index (χ1v) is 5.12. The Labute approximate surface area is 98.9 Å². The van der Waals surface area contributed by atoms with Gasteiger partial charge in [0.1, 0.15) is 6.61 Å². The largest absolute Gasteiger partial charge is 0.478 e. The maximum Gasteiger partial charge on any atom is 0.331 e. The number of ether oxygens (including phenoxy) is 1. The number of aliphatic hydroxyl groups is 2. The van der Waals surface area contributed by atoms with Gasteiger partial charge in [0.2, 0.25) is 0 Å². The molecule has 0 aliphatic heterocycles. The lowest BCUT2D eigenvalue weighted by Crippen LogP contribution is -2.33. The number of carbonyl (C=O) groups excluding carboxylic acids is 1. The van der Waals surface area contributed by atoms with Gasteiger partial charge >= 0.3 is 11.9 Å². The number of carboxylic acid groups (broad SMARTS) is 1. The Bertz CT molecular complexity index is 260. The quantitative estimate of drug-likeness (QED) is 0.334. The number of aliphatic carboxylic acids is 1. The number of aliphatic hydroxyl groups excluding tert-OH is 2. The molecule has 7 nitrogen and oxygen atoms in total. The average Bonchev–Trinajstić information content (AvgIpc) is 2.27. The molecule has 3 N–H and O–H groups in total. The molecule has 0 rings (SSSR count). The summed E-state index contributed by atoms with van der Waals surface area (Å²) >= 11 is 0. The summed E-state index contributed by atoms with van der Waals surface area (Å²) in [4.78, 5) is 22.8. The highest BCUT2D eigenvalue weighted by Crippen LogP contribution is 1.89. The normalized spacial score (nSPS) is 11.0. The fourth-order valence-electron chi connectivity index (χ4n) is 1.08. The third-order valence-corrected chi connectivity index (χ3v) is 1.85. The van der Waals surface area contributed by atoms with Crippen molar-refractivity contribution in [2.75, 3.05) is 39.5 Å². The van der Waals surface area contributed by atoms with Crippen LogP contribution in [0, 0.1) is 0 Å². The molecule has 98 valence electrons. The number of rotatable bonds is 9. The fraction of sp³-hybridized carbons (Fsp3) is 0.600. The van der Waals surface area contributed by atoms with Gasteiger partial charge in [0.15, 0.2) is 0 Å². The van der Waals surface area contributed by atoms with Crippen LogP contribution < -0.4 is 0 Å². The highest BCUT2D eigenvalue weighted by atomic mass is 16.5. The van der Waals surface area contributed by atoms with Gasteiger partial charge in [-0.2, -0.15) is 0 Å². The molecule has 0 aromatic rings. The van der Waals surface area contributed by atoms with Crippen LogP contribution in [0.4, 0.5) is 0 Å². The maximum atomic E-state index is 11.0. The van der Waals surface area contributed by atoms with Crippen molar-refractivity contribution in [1.29, 1.82) is 0 Å². The van der Waals surface area contributed by atoms with Crippen molar-refractivity contribution in [3.8, 4) is 0 Å². The highest BCUT2D eigenvalue weighted by Gasteiger charge is 2.04. The summed E-state index contributed by atoms with van der Waals surface area (Å²) in [6.07, 6.45) is 1.52. The number of hydrogen-bond donors (Lipinski definition) is 3. The van der Waals surface area contributed by atoms with E-state index in [9.17, 15) is 9.59 Å². The Balaban J connectivity index is 3.79. The fourth-order valence-corrected chi connectivity index (χ4v) is 1.08. The molecule has 0 saturated heterocycles. The number of esters is 1. The van der Waals surface area contributed by atoms with E-state index in [0.717, 1.165) is 6.08 Å². The summed E-state index contributed by atoms with van der Waals surface area (Å²) in [5, 5.41) is 25.7. The number of carboxylic acids is 1. The Morgan fingerprint density at radius 2 is 1.65 bits per heavy atom. The predicted octanol–water partition coefficient (Wildman–Crippen LogP) is -1.54. The van der Waals surface area contributed by atoms with E-state index in [0.29, 0.717) is 25.7 Å². The summed E-state index contributed by atoms with van der Waals surface area (Å²) < 4.78 is 4.72. The van der Waals surface area contributed by atoms with Crippen LogP contribution in [0.1, 0.15) is 0 Å². The molecule has 0 radical (unpaired) electrons. The zero-order valence-corrected chi connectivity index (χ0v) is 9.41. The Kier molecular flexibility index (Phi) is 8.94. The van der Waals surface area contributed by atoms with Gasteiger partial charge in [-0.3, -0.25) is 4.90 Å². The first-order chi connectivity index (χ1) is 8.10. The van der Waals surface area contributed by atoms with Crippen molar-refractivity contribution < 1.29 is 29.6 Å². The monoisotopic (exact) mass is 247 g/mol. The molecule has 0 bridgehead atoms. The molecular weight excluding hydrogens is 230 g/mol. The lowest BCUT2D eigenvalue weighted by molar-refractivity contribution is -0.139. The van der Waals surface area contributed by atoms with Crippen LogP contribution in [0.3, 0.4) is 0 Å². The molecule has 0 spiro atoms. The molecule has 0 amide bonds. The van der Waals surface area contributed by atoms with Crippen LogP contribution in [0.5, 0.6) is 0 Å². The van der Waals surface area contributed by atoms with Gasteiger partial charge in [-0.05, 0) is 0 Å². The molecule has 0 aliphatic rings. The van der Waals surface area contributed by atoms with Crippen LogP contribution in [0.2, 0.25) is 0 Å². The van der Waals surface area contributed by atoms with Gasteiger partial charge < -0.3 is 20.1 Å². The van der Waals surface area contributed by atoms with Gasteiger partial charge in [-0.1, -0.05) is 0 Å². The Hall–Kier alpha value is -1.44. The van der Waals surface area contributed by atoms with Gasteiger partial charge in [-0.15, -0.1) is 0 Å². The third kappa shape index (κ3) is 9.49. The van der Waals surface area contributed by atoms with Gasteiger partial charge in [0.05, 0.1) is 13.2 Å². The molecule has 0 aliphatic carbocycles. The zero-order chi connectivity index (χ0) is 13.1. The molecule has 0 unspecified atom stereocenters. The molecule has 0 aromatic heterocycles. The maximum absolute atomic E-state index is 11.0. The lowest BCUT2D eigenvalue weighted by atomic mass is 10.4. The Morgan fingerprint density at radius 1 is 1.06 bits per heavy atom. The van der Waals surface area contributed by atoms with E-state index < -0.39 is 11.9 Å². The van der Waals surface area contributed by atoms with Crippen molar-refractivity contribution >= 4 is 11.9 Å². The molecule has 0 saturated carbocycles. The SMILES string of the molecule is O=C(O)/C=C/C(=O)OCCN(CCO)CCO. The molecule has 7 heteroatoms. The van der Waals surface area contributed by atoms with Crippen molar-refractivity contribution in [1.82, 2.24) is 4.90 Å². The van der Waals surface area contributed by atoms with E-state index in [1.807, 2.05) is 0 Å². The number of carbonyl (C=O) groups is 2. The lowest BCUT2D eigenvalue weighted by Gasteiger charge is -2.19. The molecular formula is C10H17NO6. The van der Waals surface area contributed by atoms with Crippen molar-refractivity contribution in [2.24, 2.45) is 0 Å². The first kappa shape index (κ1) is 15.6. The highest BCUT2D eigenvalue weighted by molar-refractivity contribution is 5.90. The molecule has 0 aromatic carbocycles. The standard InChI is InChI=1S/C10H17NO6/c12-6-3-11(4-7-13)5-8-17-10(16)2-1-9(14)15/h1-2,12-13H,3-8H2,(H,14,15)/b2-1+. The van der Waals surface area contributed by atoms with E-state index in [4.69, 9.17) is 20.1 Å². The van der Waals surface area contributed by atoms with Gasteiger partial charge in [0.25, 0.3) is 0 Å². The topological polar surface area (TPSA) is 107 Å². The van der Waals surface area contributed by atoms with Crippen LogP contribution in [-0.4, -0.2) is 71.6 Å².